The highest BCUT2D eigenvalue weighted by atomic mass is 16.5. The summed E-state index contributed by atoms with van der Waals surface area (Å²) in [5.74, 6) is 0. The van der Waals surface area contributed by atoms with Gasteiger partial charge in [0.1, 0.15) is 0 Å². The molecule has 0 aromatic rings. The molecule has 1 fully saturated rings. The van der Waals surface area contributed by atoms with Crippen LogP contribution in [-0.2, 0) is 14.2 Å². The van der Waals surface area contributed by atoms with Gasteiger partial charge in [0, 0.05) is 32.5 Å². The van der Waals surface area contributed by atoms with Crippen LogP contribution in [0.2, 0.25) is 0 Å². The second kappa shape index (κ2) is 40.0. The van der Waals surface area contributed by atoms with Crippen LogP contribution < -0.4 is 0 Å². The van der Waals surface area contributed by atoms with Crippen LogP contribution in [-0.4, -0.2) is 63.7 Å². The van der Waals surface area contributed by atoms with Crippen molar-refractivity contribution in [2.45, 2.75) is 206 Å². The van der Waals surface area contributed by atoms with Crippen molar-refractivity contribution in [3.05, 3.63) is 48.6 Å². The molecule has 0 saturated carbocycles. The predicted molar refractivity (Wildman–Crippen MR) is 225 cm³/mol. The number of unbranched alkanes of at least 4 members (excludes halogenated alkanes) is 18. The number of likely N-dealkylation sites (tertiary alicyclic amines) is 1. The molecule has 0 aliphatic carbocycles. The van der Waals surface area contributed by atoms with E-state index >= 15 is 0 Å². The Morgan fingerprint density at radius 3 is 1.53 bits per heavy atom. The lowest BCUT2D eigenvalue weighted by molar-refractivity contribution is -0.0355. The second-order valence-corrected chi connectivity index (χ2v) is 15.2. The highest BCUT2D eigenvalue weighted by Crippen LogP contribution is 2.18. The third-order valence-corrected chi connectivity index (χ3v) is 10.3. The summed E-state index contributed by atoms with van der Waals surface area (Å²) in [6.07, 6.45) is 54.3. The quantitative estimate of drug-likeness (QED) is 0.0469. The van der Waals surface area contributed by atoms with Crippen molar-refractivity contribution >= 4 is 0 Å². The van der Waals surface area contributed by atoms with Gasteiger partial charge in [0.15, 0.2) is 0 Å². The van der Waals surface area contributed by atoms with Crippen molar-refractivity contribution in [3.8, 4) is 0 Å². The largest absolute Gasteiger partial charge is 0.381 e. The van der Waals surface area contributed by atoms with Crippen molar-refractivity contribution in [3.63, 3.8) is 0 Å². The molecule has 0 aromatic heterocycles. The van der Waals surface area contributed by atoms with E-state index in [4.69, 9.17) is 14.2 Å². The maximum absolute atomic E-state index is 6.35. The first-order chi connectivity index (χ1) is 25.3. The normalized spacial score (nSPS) is 16.3. The Hall–Kier alpha value is -1.20. The average molecular weight is 714 g/mol. The van der Waals surface area contributed by atoms with Crippen LogP contribution in [0.1, 0.15) is 194 Å². The summed E-state index contributed by atoms with van der Waals surface area (Å²) in [5, 5.41) is 0. The summed E-state index contributed by atoms with van der Waals surface area (Å²) in [7, 11) is 2.25. The van der Waals surface area contributed by atoms with Crippen LogP contribution >= 0.6 is 0 Å². The molecule has 2 atom stereocenters. The van der Waals surface area contributed by atoms with Gasteiger partial charge in [0.05, 0.1) is 12.7 Å². The molecule has 2 unspecified atom stereocenters. The van der Waals surface area contributed by atoms with Crippen LogP contribution in [0.3, 0.4) is 0 Å². The lowest BCUT2D eigenvalue weighted by Crippen LogP contribution is -2.26. The summed E-state index contributed by atoms with van der Waals surface area (Å²) in [4.78, 5) is 2.49. The third kappa shape index (κ3) is 34.3. The smallest absolute Gasteiger partial charge is 0.0830 e. The van der Waals surface area contributed by atoms with Crippen LogP contribution in [0.5, 0.6) is 0 Å². The van der Waals surface area contributed by atoms with Gasteiger partial charge in [-0.2, -0.15) is 0 Å². The van der Waals surface area contributed by atoms with E-state index in [9.17, 15) is 0 Å². The molecule has 1 saturated heterocycles. The van der Waals surface area contributed by atoms with E-state index in [1.54, 1.807) is 0 Å². The van der Waals surface area contributed by atoms with Gasteiger partial charge in [-0.1, -0.05) is 140 Å². The van der Waals surface area contributed by atoms with Crippen LogP contribution in [0.25, 0.3) is 0 Å². The first-order valence-corrected chi connectivity index (χ1v) is 22.3. The van der Waals surface area contributed by atoms with Crippen molar-refractivity contribution in [1.29, 1.82) is 0 Å². The lowest BCUT2D eigenvalue weighted by Gasteiger charge is -2.20. The van der Waals surface area contributed by atoms with E-state index in [1.807, 2.05) is 0 Å². The van der Waals surface area contributed by atoms with Gasteiger partial charge in [-0.3, -0.25) is 0 Å². The molecule has 51 heavy (non-hydrogen) atoms. The fourth-order valence-corrected chi connectivity index (χ4v) is 6.84. The minimum absolute atomic E-state index is 0.154. The van der Waals surface area contributed by atoms with E-state index in [0.29, 0.717) is 12.6 Å². The minimum atomic E-state index is 0.154. The molecule has 0 amide bonds. The summed E-state index contributed by atoms with van der Waals surface area (Å²) < 4.78 is 18.6. The van der Waals surface area contributed by atoms with Crippen molar-refractivity contribution < 1.29 is 14.2 Å². The van der Waals surface area contributed by atoms with Gasteiger partial charge in [-0.05, 0) is 116 Å². The SMILES string of the molecule is CCCCC/C=C/C/C=C/CCCCCCCCOCC(CCOCCC1CCCN1C)OCCCCCCCC/C=C/C/C=C/CCCCC. The number of allylic oxidation sites excluding steroid dienone is 8. The minimum Gasteiger partial charge on any atom is -0.381 e. The number of rotatable bonds is 39. The lowest BCUT2D eigenvalue weighted by atomic mass is 10.1. The molecule has 0 radical (unpaired) electrons. The van der Waals surface area contributed by atoms with Gasteiger partial charge in [-0.15, -0.1) is 0 Å². The van der Waals surface area contributed by atoms with E-state index in [0.717, 1.165) is 65.0 Å². The first-order valence-electron chi connectivity index (χ1n) is 22.3. The summed E-state index contributed by atoms with van der Waals surface area (Å²) >= 11 is 0. The fourth-order valence-electron chi connectivity index (χ4n) is 6.84. The summed E-state index contributed by atoms with van der Waals surface area (Å²) in [6.45, 7) is 9.82. The van der Waals surface area contributed by atoms with Crippen LogP contribution in [0, 0.1) is 0 Å². The van der Waals surface area contributed by atoms with Crippen molar-refractivity contribution in [2.75, 3.05) is 46.6 Å². The van der Waals surface area contributed by atoms with Gasteiger partial charge >= 0.3 is 0 Å². The molecule has 0 bridgehead atoms. The molecule has 1 heterocycles. The fraction of sp³-hybridized carbons (Fsp3) is 0.830. The topological polar surface area (TPSA) is 30.9 Å². The Labute approximate surface area is 319 Å². The standard InChI is InChI=1S/C47H87NO3/c1-4-6-8-10-12-14-16-18-20-22-24-26-28-30-32-34-41-50-45-47(39-44-49-43-38-46-37-36-40-48(46)3)51-42-35-33-31-29-27-25-23-21-19-17-15-13-11-9-7-5-2/h12-15,18-21,46-47H,4-11,16-17,22-45H2,1-3H3/b14-12+,15-13+,20-18+,21-19+. The molecule has 1 aliphatic rings. The number of nitrogens with zero attached hydrogens (tertiary/aromatic N) is 1. The zero-order valence-corrected chi connectivity index (χ0v) is 34.5. The Balaban J connectivity index is 2.09. The van der Waals surface area contributed by atoms with Crippen molar-refractivity contribution in [2.24, 2.45) is 0 Å². The molecule has 4 heteroatoms. The molecule has 1 rings (SSSR count). The Kier molecular flexibility index (Phi) is 37.5. The van der Waals surface area contributed by atoms with Crippen LogP contribution in [0.15, 0.2) is 48.6 Å². The van der Waals surface area contributed by atoms with Gasteiger partial charge in [0.2, 0.25) is 0 Å². The predicted octanol–water partition coefficient (Wildman–Crippen LogP) is 13.9. The molecule has 1 aliphatic heterocycles. The maximum atomic E-state index is 6.35. The molecule has 4 nitrogen and oxygen atoms in total. The number of hydrogen-bond acceptors (Lipinski definition) is 4. The zero-order chi connectivity index (χ0) is 36.6. The second-order valence-electron chi connectivity index (χ2n) is 15.2. The molecule has 0 spiro atoms. The van der Waals surface area contributed by atoms with E-state index in [-0.39, 0.29) is 6.10 Å². The molecular weight excluding hydrogens is 627 g/mol. The molecular formula is C47H87NO3. The van der Waals surface area contributed by atoms with Gasteiger partial charge < -0.3 is 19.1 Å². The maximum Gasteiger partial charge on any atom is 0.0830 e. The Morgan fingerprint density at radius 1 is 0.529 bits per heavy atom. The monoisotopic (exact) mass is 714 g/mol. The Bertz CT molecular complexity index is 805. The number of hydrogen-bond donors (Lipinski definition) is 0. The van der Waals surface area contributed by atoms with Crippen LogP contribution in [0.4, 0.5) is 0 Å². The van der Waals surface area contributed by atoms with E-state index < -0.39 is 0 Å². The summed E-state index contributed by atoms with van der Waals surface area (Å²) in [6, 6.07) is 0.707. The average Bonchev–Trinajstić information content (AvgIpc) is 3.55. The highest BCUT2D eigenvalue weighted by molar-refractivity contribution is 4.93. The van der Waals surface area contributed by atoms with E-state index in [1.165, 1.54) is 148 Å². The van der Waals surface area contributed by atoms with E-state index in [2.05, 4.69) is 74.4 Å². The van der Waals surface area contributed by atoms with Gasteiger partial charge in [-0.25, -0.2) is 0 Å². The molecule has 0 N–H and O–H groups in total. The number of ether oxygens (including phenoxy) is 3. The van der Waals surface area contributed by atoms with Gasteiger partial charge in [0.25, 0.3) is 0 Å². The molecule has 0 aromatic carbocycles. The summed E-state index contributed by atoms with van der Waals surface area (Å²) in [5.41, 5.74) is 0. The Morgan fingerprint density at radius 2 is 1.02 bits per heavy atom. The zero-order valence-electron chi connectivity index (χ0n) is 34.5. The molecule has 298 valence electrons. The first kappa shape index (κ1) is 47.8. The highest BCUT2D eigenvalue weighted by Gasteiger charge is 2.20. The van der Waals surface area contributed by atoms with Crippen molar-refractivity contribution in [1.82, 2.24) is 4.90 Å². The third-order valence-electron chi connectivity index (χ3n) is 10.3.